The molecule has 4 rings (SSSR count). The smallest absolute Gasteiger partial charge is 0.343 e. The van der Waals surface area contributed by atoms with Gasteiger partial charge in [0.2, 0.25) is 5.67 Å². The number of rotatable bonds is 4. The first-order chi connectivity index (χ1) is 13.9. The van der Waals surface area contributed by atoms with Crippen molar-refractivity contribution in [2.45, 2.75) is 24.6 Å². The van der Waals surface area contributed by atoms with Gasteiger partial charge in [0.1, 0.15) is 5.75 Å². The number of benzene rings is 2. The predicted molar refractivity (Wildman–Crippen MR) is 102 cm³/mol. The average Bonchev–Trinajstić information content (AvgIpc) is 3.32. The van der Waals surface area contributed by atoms with E-state index in [1.807, 2.05) is 18.2 Å². The van der Waals surface area contributed by atoms with E-state index in [4.69, 9.17) is 9.84 Å². The third-order valence-electron chi connectivity index (χ3n) is 5.21. The molecule has 0 aliphatic carbocycles. The van der Waals surface area contributed by atoms with Gasteiger partial charge in [-0.1, -0.05) is 24.3 Å². The fraction of sp³-hybridized carbons (Fsp3) is 0.286. The van der Waals surface area contributed by atoms with Crippen LogP contribution in [0.5, 0.6) is 5.75 Å². The molecule has 2 aliphatic heterocycles. The molecule has 2 aliphatic rings. The van der Waals surface area contributed by atoms with E-state index >= 15 is 0 Å². The summed E-state index contributed by atoms with van der Waals surface area (Å²) in [7, 11) is 0. The van der Waals surface area contributed by atoms with E-state index < -0.39 is 30.2 Å². The van der Waals surface area contributed by atoms with E-state index in [2.05, 4.69) is 5.32 Å². The number of aliphatic carboxylic acids is 1. The summed E-state index contributed by atoms with van der Waals surface area (Å²) in [4.78, 5) is 37.4. The lowest BCUT2D eigenvalue weighted by atomic mass is 10.1. The van der Waals surface area contributed by atoms with Gasteiger partial charge in [-0.25, -0.2) is 9.18 Å². The van der Waals surface area contributed by atoms with Crippen LogP contribution >= 0.6 is 0 Å². The highest BCUT2D eigenvalue weighted by Crippen LogP contribution is 2.29. The maximum Gasteiger partial charge on any atom is 0.343 e. The average molecular weight is 398 g/mol. The van der Waals surface area contributed by atoms with Crippen LogP contribution in [0.2, 0.25) is 0 Å². The van der Waals surface area contributed by atoms with Crippen molar-refractivity contribution in [2.75, 3.05) is 18.4 Å². The quantitative estimate of drug-likeness (QED) is 0.824. The van der Waals surface area contributed by atoms with E-state index in [1.54, 1.807) is 24.3 Å². The lowest BCUT2D eigenvalue weighted by Crippen LogP contribution is -2.38. The highest BCUT2D eigenvalue weighted by Gasteiger charge is 2.47. The normalized spacial score (nSPS) is 22.7. The molecule has 29 heavy (non-hydrogen) atoms. The van der Waals surface area contributed by atoms with Gasteiger partial charge >= 0.3 is 5.97 Å². The van der Waals surface area contributed by atoms with Crippen molar-refractivity contribution in [2.24, 2.45) is 0 Å². The van der Waals surface area contributed by atoms with Crippen LogP contribution in [0.15, 0.2) is 48.5 Å². The zero-order valence-corrected chi connectivity index (χ0v) is 15.4. The first kappa shape index (κ1) is 18.9. The summed E-state index contributed by atoms with van der Waals surface area (Å²) in [6.45, 7) is -0.474. The summed E-state index contributed by atoms with van der Waals surface area (Å²) in [6.07, 6.45) is -0.445. The number of carbonyl (C=O) groups excluding carboxylic acids is 2. The van der Waals surface area contributed by atoms with Gasteiger partial charge < -0.3 is 20.1 Å². The van der Waals surface area contributed by atoms with Crippen LogP contribution in [0.25, 0.3) is 0 Å². The van der Waals surface area contributed by atoms with Gasteiger partial charge in [0, 0.05) is 30.6 Å². The van der Waals surface area contributed by atoms with Crippen molar-refractivity contribution in [1.82, 2.24) is 4.90 Å². The van der Waals surface area contributed by atoms with Crippen molar-refractivity contribution in [1.29, 1.82) is 0 Å². The van der Waals surface area contributed by atoms with Gasteiger partial charge in [-0.2, -0.15) is 0 Å². The molecular weight excluding hydrogens is 379 g/mol. The Labute approximate surface area is 166 Å². The molecule has 1 fully saturated rings. The number of likely N-dealkylation sites (tertiary alicyclic amines) is 1. The SMILES string of the molecule is O=C(Nc1cccc(C(=O)N2CCC(F)(C(=O)O)C2)c1)C1Cc2ccccc2O1. The van der Waals surface area contributed by atoms with Crippen LogP contribution in [0.4, 0.5) is 10.1 Å². The lowest BCUT2D eigenvalue weighted by Gasteiger charge is -2.18. The van der Waals surface area contributed by atoms with Crippen LogP contribution < -0.4 is 10.1 Å². The number of hydrogen-bond donors (Lipinski definition) is 2. The Morgan fingerprint density at radius 1 is 1.17 bits per heavy atom. The molecule has 0 saturated carbocycles. The number of amides is 2. The monoisotopic (exact) mass is 398 g/mol. The summed E-state index contributed by atoms with van der Waals surface area (Å²) < 4.78 is 19.9. The fourth-order valence-corrected chi connectivity index (χ4v) is 3.58. The summed E-state index contributed by atoms with van der Waals surface area (Å²) in [6, 6.07) is 13.7. The van der Waals surface area contributed by atoms with Crippen molar-refractivity contribution >= 4 is 23.5 Å². The molecule has 2 aromatic carbocycles. The Bertz CT molecular complexity index is 970. The third-order valence-corrected chi connectivity index (χ3v) is 5.21. The zero-order valence-electron chi connectivity index (χ0n) is 15.4. The fourth-order valence-electron chi connectivity index (χ4n) is 3.58. The molecule has 0 spiro atoms. The van der Waals surface area contributed by atoms with E-state index in [0.29, 0.717) is 17.9 Å². The molecule has 150 valence electrons. The highest BCUT2D eigenvalue weighted by molar-refractivity contribution is 5.99. The Morgan fingerprint density at radius 2 is 1.97 bits per heavy atom. The minimum absolute atomic E-state index is 0.0202. The van der Waals surface area contributed by atoms with Crippen molar-refractivity contribution in [3.8, 4) is 5.75 Å². The number of carboxylic acids is 1. The predicted octanol–water partition coefficient (Wildman–Crippen LogP) is 2.27. The van der Waals surface area contributed by atoms with Crippen LogP contribution in [0.1, 0.15) is 22.3 Å². The summed E-state index contributed by atoms with van der Waals surface area (Å²) in [5, 5.41) is 11.7. The maximum absolute atomic E-state index is 14.2. The van der Waals surface area contributed by atoms with Crippen molar-refractivity contribution < 1.29 is 28.6 Å². The van der Waals surface area contributed by atoms with E-state index in [9.17, 15) is 18.8 Å². The molecule has 1 saturated heterocycles. The van der Waals surface area contributed by atoms with E-state index in [-0.39, 0.29) is 24.4 Å². The molecule has 2 aromatic rings. The first-order valence-corrected chi connectivity index (χ1v) is 9.23. The number of nitrogens with one attached hydrogen (secondary N) is 1. The van der Waals surface area contributed by atoms with Crippen molar-refractivity contribution in [3.05, 3.63) is 59.7 Å². The number of carboxylic acid groups (broad SMARTS) is 1. The van der Waals surface area contributed by atoms with Gasteiger partial charge in [0.15, 0.2) is 6.10 Å². The minimum atomic E-state index is -2.42. The molecular formula is C21H19FN2O5. The highest BCUT2D eigenvalue weighted by atomic mass is 19.1. The van der Waals surface area contributed by atoms with Crippen molar-refractivity contribution in [3.63, 3.8) is 0 Å². The largest absolute Gasteiger partial charge is 0.480 e. The number of halogens is 1. The molecule has 2 N–H and O–H groups in total. The van der Waals surface area contributed by atoms with Gasteiger partial charge in [0.25, 0.3) is 11.8 Å². The number of alkyl halides is 1. The molecule has 2 amide bonds. The molecule has 0 aromatic heterocycles. The molecule has 0 bridgehead atoms. The topological polar surface area (TPSA) is 95.9 Å². The Morgan fingerprint density at radius 3 is 2.69 bits per heavy atom. The molecule has 2 unspecified atom stereocenters. The molecule has 8 heteroatoms. The van der Waals surface area contributed by atoms with Gasteiger partial charge in [-0.15, -0.1) is 0 Å². The van der Waals surface area contributed by atoms with Crippen LogP contribution in [-0.2, 0) is 16.0 Å². The molecule has 2 heterocycles. The Balaban J connectivity index is 1.42. The number of nitrogens with zero attached hydrogens (tertiary/aromatic N) is 1. The minimum Gasteiger partial charge on any atom is -0.480 e. The second kappa shape index (κ2) is 7.20. The van der Waals surface area contributed by atoms with Gasteiger partial charge in [0.05, 0.1) is 6.54 Å². The van der Waals surface area contributed by atoms with Gasteiger partial charge in [-0.05, 0) is 29.8 Å². The summed E-state index contributed by atoms with van der Waals surface area (Å²) in [5.41, 5.74) is -0.813. The van der Waals surface area contributed by atoms with Crippen LogP contribution in [-0.4, -0.2) is 52.7 Å². The van der Waals surface area contributed by atoms with Gasteiger partial charge in [-0.3, -0.25) is 9.59 Å². The number of carbonyl (C=O) groups is 3. The summed E-state index contributed by atoms with van der Waals surface area (Å²) in [5.74, 6) is -1.70. The number of ether oxygens (including phenoxy) is 1. The maximum atomic E-state index is 14.2. The second-order valence-corrected chi connectivity index (χ2v) is 7.24. The van der Waals surface area contributed by atoms with E-state index in [0.717, 1.165) is 5.56 Å². The lowest BCUT2D eigenvalue weighted by molar-refractivity contribution is -0.149. The Kier molecular flexibility index (Phi) is 4.70. The molecule has 7 nitrogen and oxygen atoms in total. The number of anilines is 1. The summed E-state index contributed by atoms with van der Waals surface area (Å²) >= 11 is 0. The number of fused-ring (bicyclic) bond motifs is 1. The molecule has 0 radical (unpaired) electrons. The second-order valence-electron chi connectivity index (χ2n) is 7.24. The standard InChI is InChI=1S/C21H19FN2O5/c22-21(20(27)28)8-9-24(12-21)19(26)14-5-3-6-15(10-14)23-18(25)17-11-13-4-1-2-7-16(13)29-17/h1-7,10,17H,8-9,11-12H2,(H,23,25)(H,27,28). The van der Waals surface area contributed by atoms with Crippen LogP contribution in [0.3, 0.4) is 0 Å². The Hall–Kier alpha value is -3.42. The van der Waals surface area contributed by atoms with E-state index in [1.165, 1.54) is 11.0 Å². The van der Waals surface area contributed by atoms with Crippen LogP contribution in [0, 0.1) is 0 Å². The third kappa shape index (κ3) is 3.65. The zero-order chi connectivity index (χ0) is 20.6. The number of para-hydroxylation sites is 1. The number of hydrogen-bond acceptors (Lipinski definition) is 4. The molecule has 2 atom stereocenters. The first-order valence-electron chi connectivity index (χ1n) is 9.23.